The average molecular weight is 404 g/mol. The average Bonchev–Trinajstić information content (AvgIpc) is 2.75. The summed E-state index contributed by atoms with van der Waals surface area (Å²) in [6.45, 7) is 1.94. The van der Waals surface area contributed by atoms with Crippen LogP contribution in [-0.4, -0.2) is 28.7 Å². The van der Waals surface area contributed by atoms with Crippen molar-refractivity contribution in [2.45, 2.75) is 18.4 Å². The molecule has 0 spiro atoms. The Kier molecular flexibility index (Phi) is 6.82. The number of nitriles is 1. The number of anilines is 1. The van der Waals surface area contributed by atoms with Crippen molar-refractivity contribution in [1.82, 2.24) is 9.97 Å². The Labute approximate surface area is 174 Å². The second kappa shape index (κ2) is 9.71. The maximum atomic E-state index is 12.1. The molecule has 0 bridgehead atoms. The van der Waals surface area contributed by atoms with Crippen LogP contribution in [0.15, 0.2) is 59.8 Å². The molecule has 7 heteroatoms. The highest BCUT2D eigenvalue weighted by Gasteiger charge is 2.10. The first-order valence-electron chi connectivity index (χ1n) is 9.00. The van der Waals surface area contributed by atoms with E-state index < -0.39 is 0 Å². The van der Waals surface area contributed by atoms with Crippen molar-refractivity contribution in [1.29, 1.82) is 5.26 Å². The summed E-state index contributed by atoms with van der Waals surface area (Å²) < 4.78 is 5.18. The number of nitrogens with one attached hydrogen (secondary N) is 1. The second-order valence-corrected chi connectivity index (χ2v) is 7.34. The highest BCUT2D eigenvalue weighted by molar-refractivity contribution is 7.99. The molecule has 3 rings (SSSR count). The number of rotatable bonds is 7. The quantitative estimate of drug-likeness (QED) is 0.585. The Balaban J connectivity index is 1.63. The molecule has 0 aliphatic heterocycles. The van der Waals surface area contributed by atoms with E-state index in [0.29, 0.717) is 28.6 Å². The number of amides is 1. The first-order chi connectivity index (χ1) is 14.1. The van der Waals surface area contributed by atoms with Crippen molar-refractivity contribution in [3.63, 3.8) is 0 Å². The van der Waals surface area contributed by atoms with E-state index in [1.54, 1.807) is 25.4 Å². The van der Waals surface area contributed by atoms with E-state index in [-0.39, 0.29) is 5.91 Å². The van der Waals surface area contributed by atoms with Gasteiger partial charge in [0.25, 0.3) is 0 Å². The molecule has 1 N–H and O–H groups in total. The third kappa shape index (κ3) is 5.56. The molecule has 29 heavy (non-hydrogen) atoms. The highest BCUT2D eigenvalue weighted by Crippen LogP contribution is 2.27. The van der Waals surface area contributed by atoms with Crippen molar-refractivity contribution in [2.75, 3.05) is 18.2 Å². The maximum absolute atomic E-state index is 12.1. The molecule has 1 aromatic carbocycles. The van der Waals surface area contributed by atoms with Crippen LogP contribution in [0.25, 0.3) is 11.3 Å². The van der Waals surface area contributed by atoms with Crippen LogP contribution in [0.3, 0.4) is 0 Å². The minimum atomic E-state index is -0.126. The number of hydrogen-bond acceptors (Lipinski definition) is 6. The van der Waals surface area contributed by atoms with Gasteiger partial charge in [-0.3, -0.25) is 4.79 Å². The zero-order valence-corrected chi connectivity index (χ0v) is 17.0. The molecule has 3 aromatic rings. The van der Waals surface area contributed by atoms with Crippen molar-refractivity contribution in [3.8, 4) is 23.1 Å². The fourth-order valence-electron chi connectivity index (χ4n) is 2.55. The van der Waals surface area contributed by atoms with Crippen LogP contribution in [-0.2, 0) is 4.79 Å². The zero-order chi connectivity index (χ0) is 20.6. The van der Waals surface area contributed by atoms with E-state index in [2.05, 4.69) is 21.4 Å². The van der Waals surface area contributed by atoms with Gasteiger partial charge in [-0.05, 0) is 55.0 Å². The molecule has 0 atom stereocenters. The van der Waals surface area contributed by atoms with Crippen LogP contribution in [0.1, 0.15) is 17.5 Å². The van der Waals surface area contributed by atoms with E-state index in [1.807, 2.05) is 43.3 Å². The van der Waals surface area contributed by atoms with Crippen LogP contribution in [0.2, 0.25) is 0 Å². The standard InChI is InChI=1S/C22H20N4O2S/c1-15-3-10-20(24-14-15)26-21(27)11-12-29-22-17(13-23)6-9-19(25-22)16-4-7-18(28-2)8-5-16/h3-10,14H,11-12H2,1-2H3,(H,24,26,27). The summed E-state index contributed by atoms with van der Waals surface area (Å²) in [6, 6.07) is 17.0. The summed E-state index contributed by atoms with van der Waals surface area (Å²) in [5, 5.41) is 12.8. The molecule has 2 heterocycles. The lowest BCUT2D eigenvalue weighted by Crippen LogP contribution is -2.13. The fraction of sp³-hybridized carbons (Fsp3) is 0.182. The van der Waals surface area contributed by atoms with Gasteiger partial charge < -0.3 is 10.1 Å². The summed E-state index contributed by atoms with van der Waals surface area (Å²) in [5.74, 6) is 1.68. The highest BCUT2D eigenvalue weighted by atomic mass is 32.2. The zero-order valence-electron chi connectivity index (χ0n) is 16.2. The van der Waals surface area contributed by atoms with Gasteiger partial charge in [-0.1, -0.05) is 6.07 Å². The molecule has 1 amide bonds. The second-order valence-electron chi connectivity index (χ2n) is 6.26. The van der Waals surface area contributed by atoms with E-state index in [0.717, 1.165) is 22.6 Å². The van der Waals surface area contributed by atoms with Crippen LogP contribution in [0, 0.1) is 18.3 Å². The molecule has 0 aliphatic carbocycles. The van der Waals surface area contributed by atoms with Crippen molar-refractivity contribution >= 4 is 23.5 Å². The lowest BCUT2D eigenvalue weighted by molar-refractivity contribution is -0.115. The number of ether oxygens (including phenoxy) is 1. The Morgan fingerprint density at radius 3 is 2.62 bits per heavy atom. The van der Waals surface area contributed by atoms with Gasteiger partial charge in [0.05, 0.1) is 18.4 Å². The Hall–Kier alpha value is -3.37. The molecule has 0 aliphatic rings. The summed E-state index contributed by atoms with van der Waals surface area (Å²) in [6.07, 6.45) is 2.00. The molecule has 146 valence electrons. The first-order valence-corrected chi connectivity index (χ1v) is 9.98. The summed E-state index contributed by atoms with van der Waals surface area (Å²) >= 11 is 1.39. The number of methoxy groups -OCH3 is 1. The topological polar surface area (TPSA) is 87.9 Å². The predicted octanol–water partition coefficient (Wildman–Crippen LogP) is 4.45. The Morgan fingerprint density at radius 2 is 1.97 bits per heavy atom. The molecule has 0 unspecified atom stereocenters. The van der Waals surface area contributed by atoms with Crippen molar-refractivity contribution < 1.29 is 9.53 Å². The largest absolute Gasteiger partial charge is 0.497 e. The smallest absolute Gasteiger partial charge is 0.226 e. The van der Waals surface area contributed by atoms with Gasteiger partial charge in [0.1, 0.15) is 22.7 Å². The normalized spacial score (nSPS) is 10.2. The maximum Gasteiger partial charge on any atom is 0.226 e. The SMILES string of the molecule is COc1ccc(-c2ccc(C#N)c(SCCC(=O)Nc3ccc(C)cn3)n2)cc1. The monoisotopic (exact) mass is 404 g/mol. The lowest BCUT2D eigenvalue weighted by Gasteiger charge is -2.08. The first kappa shape index (κ1) is 20.4. The molecule has 0 radical (unpaired) electrons. The number of pyridine rings is 2. The van der Waals surface area contributed by atoms with E-state index in [4.69, 9.17) is 4.74 Å². The lowest BCUT2D eigenvalue weighted by atomic mass is 10.1. The molecule has 6 nitrogen and oxygen atoms in total. The van der Waals surface area contributed by atoms with Crippen LogP contribution in [0.5, 0.6) is 5.75 Å². The van der Waals surface area contributed by atoms with Crippen molar-refractivity contribution in [3.05, 3.63) is 65.9 Å². The van der Waals surface area contributed by atoms with Crippen LogP contribution in [0.4, 0.5) is 5.82 Å². The number of hydrogen-bond donors (Lipinski definition) is 1. The van der Waals surface area contributed by atoms with E-state index >= 15 is 0 Å². The van der Waals surface area contributed by atoms with Crippen LogP contribution >= 0.6 is 11.8 Å². The Bertz CT molecular complexity index is 1030. The molecular weight excluding hydrogens is 384 g/mol. The summed E-state index contributed by atoms with van der Waals surface area (Å²) in [4.78, 5) is 20.9. The number of aryl methyl sites for hydroxylation is 1. The fourth-order valence-corrected chi connectivity index (χ4v) is 3.46. The number of benzene rings is 1. The molecule has 2 aromatic heterocycles. The number of carbonyl (C=O) groups excluding carboxylic acids is 1. The van der Waals surface area contributed by atoms with Gasteiger partial charge in [-0.15, -0.1) is 11.8 Å². The molecule has 0 saturated heterocycles. The number of carbonyl (C=O) groups is 1. The number of nitrogens with zero attached hydrogens (tertiary/aromatic N) is 3. The molecule has 0 saturated carbocycles. The van der Waals surface area contributed by atoms with Gasteiger partial charge in [-0.2, -0.15) is 5.26 Å². The third-order valence-corrected chi connectivity index (χ3v) is 5.11. The number of aromatic nitrogens is 2. The van der Waals surface area contributed by atoms with Gasteiger partial charge in [0, 0.05) is 23.9 Å². The minimum Gasteiger partial charge on any atom is -0.497 e. The van der Waals surface area contributed by atoms with Crippen LogP contribution < -0.4 is 10.1 Å². The number of thioether (sulfide) groups is 1. The van der Waals surface area contributed by atoms with Gasteiger partial charge in [0.15, 0.2) is 0 Å². The molecular formula is C22H20N4O2S. The third-order valence-electron chi connectivity index (χ3n) is 4.11. The summed E-state index contributed by atoms with van der Waals surface area (Å²) in [5.41, 5.74) is 3.22. The Morgan fingerprint density at radius 1 is 1.17 bits per heavy atom. The van der Waals surface area contributed by atoms with Gasteiger partial charge in [-0.25, -0.2) is 9.97 Å². The van der Waals surface area contributed by atoms with E-state index in [9.17, 15) is 10.1 Å². The minimum absolute atomic E-state index is 0.126. The van der Waals surface area contributed by atoms with Crippen molar-refractivity contribution in [2.24, 2.45) is 0 Å². The van der Waals surface area contributed by atoms with Gasteiger partial charge >= 0.3 is 0 Å². The predicted molar refractivity (Wildman–Crippen MR) is 114 cm³/mol. The summed E-state index contributed by atoms with van der Waals surface area (Å²) in [7, 11) is 1.62. The van der Waals surface area contributed by atoms with E-state index in [1.165, 1.54) is 11.8 Å². The molecule has 0 fully saturated rings. The van der Waals surface area contributed by atoms with Gasteiger partial charge in [0.2, 0.25) is 5.91 Å².